The standard InChI is InChI=1S/C23H24FN5OS/c1-13-14(2)31-22-20(13)21(25-11-19-27-26-15(3)29(19)22)17-5-4-16(10-18(17)24)28-8-6-23(7-9-28)12-30-23/h4-5,10H,6-9,11-12H2,1-3H3. The highest BCUT2D eigenvalue weighted by molar-refractivity contribution is 7.15. The van der Waals surface area contributed by atoms with Gasteiger partial charge in [-0.25, -0.2) is 4.39 Å². The molecule has 2 fully saturated rings. The molecule has 0 saturated carbocycles. The summed E-state index contributed by atoms with van der Waals surface area (Å²) in [4.78, 5) is 8.27. The van der Waals surface area contributed by atoms with E-state index >= 15 is 4.39 Å². The van der Waals surface area contributed by atoms with Gasteiger partial charge < -0.3 is 9.64 Å². The minimum Gasteiger partial charge on any atom is -0.371 e. The molecule has 6 nitrogen and oxygen atoms in total. The molecule has 160 valence electrons. The van der Waals surface area contributed by atoms with Crippen LogP contribution in [0.5, 0.6) is 0 Å². The van der Waals surface area contributed by atoms with E-state index in [2.05, 4.69) is 33.5 Å². The van der Waals surface area contributed by atoms with Crippen LogP contribution in [0.1, 0.15) is 46.1 Å². The Balaban J connectivity index is 1.40. The molecule has 1 spiro atoms. The number of halogens is 1. The minimum atomic E-state index is -0.234. The third kappa shape index (κ3) is 2.96. The van der Waals surface area contributed by atoms with E-state index in [1.807, 2.05) is 19.1 Å². The Hall–Kier alpha value is -2.58. The van der Waals surface area contributed by atoms with E-state index in [0.717, 1.165) is 66.0 Å². The number of rotatable bonds is 2. The molecule has 2 aromatic heterocycles. The summed E-state index contributed by atoms with van der Waals surface area (Å²) in [6.45, 7) is 9.19. The van der Waals surface area contributed by atoms with Gasteiger partial charge in [-0.3, -0.25) is 9.56 Å². The third-order valence-electron chi connectivity index (χ3n) is 6.88. The van der Waals surface area contributed by atoms with Gasteiger partial charge in [-0.15, -0.1) is 21.5 Å². The summed E-state index contributed by atoms with van der Waals surface area (Å²) in [5.41, 5.74) is 4.41. The van der Waals surface area contributed by atoms with Gasteiger partial charge in [-0.2, -0.15) is 0 Å². The van der Waals surface area contributed by atoms with Crippen LogP contribution in [0.4, 0.5) is 10.1 Å². The summed E-state index contributed by atoms with van der Waals surface area (Å²) in [6.07, 6.45) is 2.03. The molecule has 0 radical (unpaired) electrons. The Morgan fingerprint density at radius 1 is 1.13 bits per heavy atom. The number of aryl methyl sites for hydroxylation is 2. The highest BCUT2D eigenvalue weighted by atomic mass is 32.1. The molecular formula is C23H24FN5OS. The number of ether oxygens (including phenoxy) is 1. The highest BCUT2D eigenvalue weighted by Crippen LogP contribution is 2.40. The molecule has 0 aliphatic carbocycles. The zero-order chi connectivity index (χ0) is 21.3. The second-order valence-electron chi connectivity index (χ2n) is 8.75. The first-order valence-corrected chi connectivity index (χ1v) is 11.5. The van der Waals surface area contributed by atoms with Crippen LogP contribution in [0.25, 0.3) is 5.00 Å². The molecule has 5 heterocycles. The van der Waals surface area contributed by atoms with E-state index in [9.17, 15) is 0 Å². The normalized spacial score (nSPS) is 19.1. The number of fused-ring (bicyclic) bond motifs is 3. The SMILES string of the molecule is Cc1sc2c(c1C)C(c1ccc(N3CCC4(CC3)CO4)cc1F)=NCc1nnc(C)n1-2. The lowest BCUT2D eigenvalue weighted by atomic mass is 9.96. The van der Waals surface area contributed by atoms with Crippen LogP contribution in [0.2, 0.25) is 0 Å². The van der Waals surface area contributed by atoms with Crippen molar-refractivity contribution in [2.24, 2.45) is 4.99 Å². The van der Waals surface area contributed by atoms with Gasteiger partial charge in [0.1, 0.15) is 23.2 Å². The lowest BCUT2D eigenvalue weighted by Gasteiger charge is -2.32. The van der Waals surface area contributed by atoms with Gasteiger partial charge in [0.2, 0.25) is 0 Å². The predicted octanol–water partition coefficient (Wildman–Crippen LogP) is 4.11. The van der Waals surface area contributed by atoms with Gasteiger partial charge in [-0.05, 0) is 57.4 Å². The molecule has 0 amide bonds. The number of hydrogen-bond donors (Lipinski definition) is 0. The Morgan fingerprint density at radius 3 is 2.61 bits per heavy atom. The number of aliphatic imine (C=N–C) groups is 1. The number of nitrogens with zero attached hydrogens (tertiary/aromatic N) is 5. The zero-order valence-electron chi connectivity index (χ0n) is 17.9. The first-order valence-electron chi connectivity index (χ1n) is 10.7. The molecule has 0 unspecified atom stereocenters. The van der Waals surface area contributed by atoms with E-state index in [4.69, 9.17) is 9.73 Å². The van der Waals surface area contributed by atoms with Gasteiger partial charge in [0, 0.05) is 34.8 Å². The molecule has 31 heavy (non-hydrogen) atoms. The Kier molecular flexibility index (Phi) is 4.14. The van der Waals surface area contributed by atoms with Gasteiger partial charge in [0.05, 0.1) is 17.9 Å². The van der Waals surface area contributed by atoms with Crippen molar-refractivity contribution in [3.05, 3.63) is 57.2 Å². The maximum absolute atomic E-state index is 15.5. The second-order valence-corrected chi connectivity index (χ2v) is 9.95. The summed E-state index contributed by atoms with van der Waals surface area (Å²) in [5.74, 6) is 1.38. The van der Waals surface area contributed by atoms with Crippen LogP contribution < -0.4 is 4.90 Å². The fraction of sp³-hybridized carbons (Fsp3) is 0.435. The molecule has 3 aliphatic rings. The van der Waals surface area contributed by atoms with Crippen molar-refractivity contribution < 1.29 is 9.13 Å². The van der Waals surface area contributed by atoms with Crippen LogP contribution in [0, 0.1) is 26.6 Å². The van der Waals surface area contributed by atoms with E-state index in [1.165, 1.54) is 4.88 Å². The molecular weight excluding hydrogens is 413 g/mol. The van der Waals surface area contributed by atoms with Crippen LogP contribution in [0.3, 0.4) is 0 Å². The largest absolute Gasteiger partial charge is 0.371 e. The van der Waals surface area contributed by atoms with Crippen LogP contribution in [-0.2, 0) is 11.3 Å². The number of anilines is 1. The van der Waals surface area contributed by atoms with Gasteiger partial charge in [0.15, 0.2) is 5.82 Å². The minimum absolute atomic E-state index is 0.117. The smallest absolute Gasteiger partial charge is 0.160 e. The van der Waals surface area contributed by atoms with Crippen molar-refractivity contribution in [3.8, 4) is 5.00 Å². The molecule has 2 saturated heterocycles. The average Bonchev–Trinajstić information content (AvgIpc) is 3.36. The topological polar surface area (TPSA) is 58.8 Å². The first kappa shape index (κ1) is 19.1. The maximum Gasteiger partial charge on any atom is 0.160 e. The molecule has 3 aromatic rings. The van der Waals surface area contributed by atoms with Crippen LogP contribution in [-0.4, -0.2) is 45.8 Å². The molecule has 1 aromatic carbocycles. The monoisotopic (exact) mass is 437 g/mol. The fourth-order valence-corrected chi connectivity index (χ4v) is 5.95. The number of piperidine rings is 1. The van der Waals surface area contributed by atoms with Gasteiger partial charge in [-0.1, -0.05) is 0 Å². The summed E-state index contributed by atoms with van der Waals surface area (Å²) in [6, 6.07) is 5.57. The molecule has 0 atom stereocenters. The number of thiophene rings is 1. The van der Waals surface area contributed by atoms with E-state index in [-0.39, 0.29) is 11.4 Å². The van der Waals surface area contributed by atoms with Gasteiger partial charge in [0.25, 0.3) is 0 Å². The first-order chi connectivity index (χ1) is 15.0. The van der Waals surface area contributed by atoms with Crippen molar-refractivity contribution in [1.82, 2.24) is 14.8 Å². The van der Waals surface area contributed by atoms with Gasteiger partial charge >= 0.3 is 0 Å². The second kappa shape index (κ2) is 6.71. The molecule has 0 N–H and O–H groups in total. The number of benzene rings is 1. The van der Waals surface area contributed by atoms with E-state index in [0.29, 0.717) is 17.8 Å². The third-order valence-corrected chi connectivity index (χ3v) is 8.07. The predicted molar refractivity (Wildman–Crippen MR) is 119 cm³/mol. The average molecular weight is 438 g/mol. The molecule has 0 bridgehead atoms. The Morgan fingerprint density at radius 2 is 1.90 bits per heavy atom. The van der Waals surface area contributed by atoms with Crippen molar-refractivity contribution in [1.29, 1.82) is 0 Å². The zero-order valence-corrected chi connectivity index (χ0v) is 18.7. The number of epoxide rings is 1. The quantitative estimate of drug-likeness (QED) is 0.566. The summed E-state index contributed by atoms with van der Waals surface area (Å²) in [7, 11) is 0. The van der Waals surface area contributed by atoms with Crippen LogP contribution >= 0.6 is 11.3 Å². The van der Waals surface area contributed by atoms with E-state index < -0.39 is 0 Å². The molecule has 6 rings (SSSR count). The maximum atomic E-state index is 15.5. The molecule has 3 aliphatic heterocycles. The van der Waals surface area contributed by atoms with Crippen molar-refractivity contribution in [3.63, 3.8) is 0 Å². The fourth-order valence-electron chi connectivity index (χ4n) is 4.72. The number of hydrogen-bond acceptors (Lipinski definition) is 6. The summed E-state index contributed by atoms with van der Waals surface area (Å²) in [5, 5.41) is 9.56. The summed E-state index contributed by atoms with van der Waals surface area (Å²) < 4.78 is 23.2. The van der Waals surface area contributed by atoms with Crippen LogP contribution in [0.15, 0.2) is 23.2 Å². The lowest BCUT2D eigenvalue weighted by Crippen LogP contribution is -2.37. The Labute approximate surface area is 184 Å². The Bertz CT molecular complexity index is 1230. The lowest BCUT2D eigenvalue weighted by molar-refractivity contribution is 0.258. The van der Waals surface area contributed by atoms with Crippen molar-refractivity contribution in [2.45, 2.75) is 45.8 Å². The van der Waals surface area contributed by atoms with E-state index in [1.54, 1.807) is 17.4 Å². The number of aromatic nitrogens is 3. The van der Waals surface area contributed by atoms with Crippen molar-refractivity contribution >= 4 is 22.7 Å². The highest BCUT2D eigenvalue weighted by Gasteiger charge is 2.46. The van der Waals surface area contributed by atoms with Crippen molar-refractivity contribution in [2.75, 3.05) is 24.6 Å². The molecule has 8 heteroatoms. The summed E-state index contributed by atoms with van der Waals surface area (Å²) >= 11 is 1.69.